The molecule has 0 saturated carbocycles. The van der Waals surface area contributed by atoms with Crippen molar-refractivity contribution in [3.05, 3.63) is 34.3 Å². The lowest BCUT2D eigenvalue weighted by Gasteiger charge is -2.69. The molecule has 4 heteroatoms. The highest BCUT2D eigenvalue weighted by Gasteiger charge is 2.63. The van der Waals surface area contributed by atoms with Crippen LogP contribution in [0.2, 0.25) is 0 Å². The van der Waals surface area contributed by atoms with E-state index in [9.17, 15) is 5.11 Å². The largest absolute Gasteiger partial charge is 0.392 e. The topological polar surface area (TPSA) is 26.7 Å². The molecule has 4 aliphatic heterocycles. The van der Waals surface area contributed by atoms with Gasteiger partial charge < -0.3 is 5.11 Å². The molecule has 0 aromatic heterocycles. The summed E-state index contributed by atoms with van der Waals surface area (Å²) in [5, 5.41) is 11.1. The van der Waals surface area contributed by atoms with E-state index in [4.69, 9.17) is 0 Å². The van der Waals surface area contributed by atoms with Gasteiger partial charge in [-0.05, 0) is 30.5 Å². The fourth-order valence-electron chi connectivity index (χ4n) is 5.29. The molecule has 22 heavy (non-hydrogen) atoms. The van der Waals surface area contributed by atoms with Gasteiger partial charge in [0.05, 0.1) is 12.3 Å². The molecule has 0 amide bonds. The van der Waals surface area contributed by atoms with Crippen molar-refractivity contribution < 1.29 is 5.11 Å². The van der Waals surface area contributed by atoms with E-state index in [2.05, 4.69) is 63.8 Å². The van der Waals surface area contributed by atoms with Crippen molar-refractivity contribution in [3.63, 3.8) is 0 Å². The van der Waals surface area contributed by atoms with Crippen LogP contribution in [0.4, 0.5) is 0 Å². The molecule has 5 rings (SSSR count). The van der Waals surface area contributed by atoms with Gasteiger partial charge in [-0.25, -0.2) is 0 Å². The van der Waals surface area contributed by atoms with Crippen LogP contribution in [0.15, 0.2) is 28.7 Å². The molecule has 0 radical (unpaired) electrons. The predicted octanol–water partition coefficient (Wildman–Crippen LogP) is 3.25. The molecule has 1 N–H and O–H groups in total. The highest BCUT2D eigenvalue weighted by atomic mass is 79.9. The van der Waals surface area contributed by atoms with Crippen molar-refractivity contribution in [2.45, 2.75) is 39.0 Å². The first kappa shape index (κ1) is 15.1. The molecule has 4 aliphatic rings. The second-order valence-corrected chi connectivity index (χ2v) is 8.49. The molecule has 3 nitrogen and oxygen atoms in total. The maximum Gasteiger partial charge on any atom is 0.0887 e. The lowest BCUT2D eigenvalue weighted by Crippen LogP contribution is -2.78. The number of benzene rings is 1. The van der Waals surface area contributed by atoms with Crippen molar-refractivity contribution in [2.24, 2.45) is 10.8 Å². The van der Waals surface area contributed by atoms with E-state index < -0.39 is 0 Å². The van der Waals surface area contributed by atoms with Crippen LogP contribution in [0.3, 0.4) is 0 Å². The minimum atomic E-state index is -0.145. The number of hydrogen-bond donors (Lipinski definition) is 1. The standard InChI is InChI=1S/C18H25BrN2O/c1-3-17-9-20-11-18(4-2,16(17)22)12-21(10-17)15(20)13-5-7-14(19)8-6-13/h5-8,15-16,22H,3-4,9-12H2,1-2H3. The zero-order valence-electron chi connectivity index (χ0n) is 13.4. The van der Waals surface area contributed by atoms with Crippen LogP contribution >= 0.6 is 15.9 Å². The van der Waals surface area contributed by atoms with E-state index in [1.54, 1.807) is 0 Å². The summed E-state index contributed by atoms with van der Waals surface area (Å²) in [5.74, 6) is 0. The molecule has 1 aromatic carbocycles. The maximum absolute atomic E-state index is 11.1. The zero-order valence-corrected chi connectivity index (χ0v) is 15.0. The number of aliphatic hydroxyl groups excluding tert-OH is 1. The summed E-state index contributed by atoms with van der Waals surface area (Å²) < 4.78 is 1.13. The molecular formula is C18H25BrN2O. The second kappa shape index (κ2) is 5.04. The number of halogens is 1. The van der Waals surface area contributed by atoms with Gasteiger partial charge in [0.15, 0.2) is 0 Å². The summed E-state index contributed by atoms with van der Waals surface area (Å²) >= 11 is 3.53. The van der Waals surface area contributed by atoms with Crippen LogP contribution in [-0.2, 0) is 0 Å². The quantitative estimate of drug-likeness (QED) is 0.891. The molecule has 4 bridgehead atoms. The zero-order chi connectivity index (χ0) is 15.5. The lowest BCUT2D eigenvalue weighted by atomic mass is 9.57. The summed E-state index contributed by atoms with van der Waals surface area (Å²) in [6.45, 7) is 8.62. The van der Waals surface area contributed by atoms with Gasteiger partial charge in [-0.2, -0.15) is 0 Å². The van der Waals surface area contributed by atoms with E-state index in [1.165, 1.54) is 5.56 Å². The Morgan fingerprint density at radius 1 is 1.00 bits per heavy atom. The molecule has 120 valence electrons. The minimum absolute atomic E-state index is 0.0678. The van der Waals surface area contributed by atoms with Crippen LogP contribution in [0.25, 0.3) is 0 Å². The van der Waals surface area contributed by atoms with Crippen molar-refractivity contribution in [1.82, 2.24) is 9.80 Å². The van der Waals surface area contributed by atoms with Gasteiger partial charge in [0.25, 0.3) is 0 Å². The lowest BCUT2D eigenvalue weighted by molar-refractivity contribution is -0.266. The Kier molecular flexibility index (Phi) is 3.46. The molecule has 0 unspecified atom stereocenters. The van der Waals surface area contributed by atoms with E-state index in [0.717, 1.165) is 43.5 Å². The van der Waals surface area contributed by atoms with Crippen LogP contribution in [0, 0.1) is 10.8 Å². The highest BCUT2D eigenvalue weighted by Crippen LogP contribution is 2.56. The predicted molar refractivity (Wildman–Crippen MR) is 91.5 cm³/mol. The van der Waals surface area contributed by atoms with Crippen molar-refractivity contribution in [3.8, 4) is 0 Å². The number of rotatable bonds is 3. The van der Waals surface area contributed by atoms with Gasteiger partial charge in [0, 0.05) is 41.5 Å². The molecule has 0 atom stereocenters. The molecular weight excluding hydrogens is 340 g/mol. The first-order valence-electron chi connectivity index (χ1n) is 8.45. The summed E-state index contributed by atoms with van der Waals surface area (Å²) in [4.78, 5) is 5.24. The third-order valence-electron chi connectivity index (χ3n) is 6.50. The van der Waals surface area contributed by atoms with Crippen molar-refractivity contribution >= 4 is 15.9 Å². The van der Waals surface area contributed by atoms with E-state index in [-0.39, 0.29) is 16.9 Å². The van der Waals surface area contributed by atoms with Gasteiger partial charge in [-0.1, -0.05) is 41.9 Å². The average Bonchev–Trinajstić information content (AvgIpc) is 2.52. The van der Waals surface area contributed by atoms with Crippen LogP contribution in [0.1, 0.15) is 38.4 Å². The van der Waals surface area contributed by atoms with Crippen molar-refractivity contribution in [1.29, 1.82) is 0 Å². The van der Waals surface area contributed by atoms with Crippen molar-refractivity contribution in [2.75, 3.05) is 26.2 Å². The SMILES string of the molecule is CCC12CN3CC(CC)(CN(C1)C3c1ccc(Br)cc1)C2O. The van der Waals surface area contributed by atoms with Crippen LogP contribution in [0.5, 0.6) is 0 Å². The number of hydrogen-bond acceptors (Lipinski definition) is 3. The van der Waals surface area contributed by atoms with Gasteiger partial charge in [-0.3, -0.25) is 9.80 Å². The van der Waals surface area contributed by atoms with E-state index in [0.29, 0.717) is 6.17 Å². The fourth-order valence-corrected chi connectivity index (χ4v) is 5.56. The molecule has 0 spiro atoms. The van der Waals surface area contributed by atoms with Gasteiger partial charge in [-0.15, -0.1) is 0 Å². The summed E-state index contributed by atoms with van der Waals surface area (Å²) in [7, 11) is 0. The summed E-state index contributed by atoms with van der Waals surface area (Å²) in [6.07, 6.45) is 2.37. The Bertz CT molecular complexity index is 533. The number of aliphatic hydroxyl groups is 1. The normalized spacial score (nSPS) is 46.2. The fraction of sp³-hybridized carbons (Fsp3) is 0.667. The third-order valence-corrected chi connectivity index (χ3v) is 7.03. The van der Waals surface area contributed by atoms with Crippen LogP contribution < -0.4 is 0 Å². The summed E-state index contributed by atoms with van der Waals surface area (Å²) in [5.41, 5.74) is 1.52. The van der Waals surface area contributed by atoms with E-state index in [1.807, 2.05) is 0 Å². The summed E-state index contributed by atoms with van der Waals surface area (Å²) in [6, 6.07) is 8.76. The maximum atomic E-state index is 11.1. The van der Waals surface area contributed by atoms with Crippen LogP contribution in [-0.4, -0.2) is 47.2 Å². The smallest absolute Gasteiger partial charge is 0.0887 e. The first-order valence-corrected chi connectivity index (χ1v) is 9.24. The third kappa shape index (κ3) is 1.90. The molecule has 4 fully saturated rings. The molecule has 1 aromatic rings. The molecule has 4 heterocycles. The molecule has 0 aliphatic carbocycles. The Labute approximate surface area is 141 Å². The first-order chi connectivity index (χ1) is 10.5. The number of nitrogens with zero attached hydrogens (tertiary/aromatic N) is 2. The Morgan fingerprint density at radius 3 is 1.86 bits per heavy atom. The van der Waals surface area contributed by atoms with Gasteiger partial charge in [0.2, 0.25) is 0 Å². The highest BCUT2D eigenvalue weighted by molar-refractivity contribution is 9.10. The Hall–Kier alpha value is -0.420. The minimum Gasteiger partial charge on any atom is -0.392 e. The van der Waals surface area contributed by atoms with Gasteiger partial charge >= 0.3 is 0 Å². The Balaban J connectivity index is 1.73. The average molecular weight is 365 g/mol. The van der Waals surface area contributed by atoms with Gasteiger partial charge in [0.1, 0.15) is 0 Å². The molecule has 4 saturated heterocycles. The second-order valence-electron chi connectivity index (χ2n) is 7.57. The number of piperidine rings is 2. The monoisotopic (exact) mass is 364 g/mol. The van der Waals surface area contributed by atoms with E-state index >= 15 is 0 Å². The Morgan fingerprint density at radius 2 is 1.45 bits per heavy atom.